The van der Waals surface area contributed by atoms with Gasteiger partial charge < -0.3 is 9.15 Å². The lowest BCUT2D eigenvalue weighted by molar-refractivity contribution is -0.0316. The van der Waals surface area contributed by atoms with Crippen LogP contribution < -0.4 is 0 Å². The minimum absolute atomic E-state index is 0.144. The Kier molecular flexibility index (Phi) is 2.18. The highest BCUT2D eigenvalue weighted by Gasteiger charge is 2.33. The fourth-order valence-electron chi connectivity index (χ4n) is 2.08. The molecule has 0 bridgehead atoms. The molecule has 0 spiro atoms. The highest BCUT2D eigenvalue weighted by Crippen LogP contribution is 2.41. The van der Waals surface area contributed by atoms with Gasteiger partial charge in [0.05, 0.1) is 12.7 Å². The van der Waals surface area contributed by atoms with Crippen molar-refractivity contribution < 1.29 is 9.15 Å². The first-order chi connectivity index (χ1) is 6.48. The molecule has 1 aliphatic rings. The molecule has 2 nitrogen and oxygen atoms in total. The van der Waals surface area contributed by atoms with E-state index < -0.39 is 0 Å². The number of aryl methyl sites for hydroxylation is 1. The van der Waals surface area contributed by atoms with Gasteiger partial charge >= 0.3 is 0 Å². The van der Waals surface area contributed by atoms with Crippen LogP contribution in [0.1, 0.15) is 44.0 Å². The molecule has 0 fully saturated rings. The van der Waals surface area contributed by atoms with E-state index in [1.54, 1.807) is 0 Å². The fourth-order valence-corrected chi connectivity index (χ4v) is 2.08. The predicted molar refractivity (Wildman–Crippen MR) is 55.3 cm³/mol. The van der Waals surface area contributed by atoms with Gasteiger partial charge in [-0.05, 0) is 18.4 Å². The van der Waals surface area contributed by atoms with E-state index in [0.29, 0.717) is 0 Å². The number of furan rings is 1. The zero-order valence-electron chi connectivity index (χ0n) is 9.39. The Labute approximate surface area is 85.3 Å². The third-order valence-corrected chi connectivity index (χ3v) is 2.65. The molecule has 0 N–H and O–H groups in total. The van der Waals surface area contributed by atoms with Gasteiger partial charge in [0.25, 0.3) is 0 Å². The van der Waals surface area contributed by atoms with E-state index in [1.165, 1.54) is 5.56 Å². The van der Waals surface area contributed by atoms with Crippen LogP contribution in [0.4, 0.5) is 0 Å². The standard InChI is InChI=1S/C12H18O2/c1-8-7-9-10(14-8)5-6-13-11(9)12(2,3)4/h7,11H,5-6H2,1-4H3. The minimum Gasteiger partial charge on any atom is -0.466 e. The number of rotatable bonds is 0. The van der Waals surface area contributed by atoms with Crippen molar-refractivity contribution in [1.29, 1.82) is 0 Å². The summed E-state index contributed by atoms with van der Waals surface area (Å²) in [4.78, 5) is 0. The molecule has 1 atom stereocenters. The summed E-state index contributed by atoms with van der Waals surface area (Å²) in [6.07, 6.45) is 1.10. The van der Waals surface area contributed by atoms with Crippen molar-refractivity contribution in [3.63, 3.8) is 0 Å². The molecule has 2 rings (SSSR count). The van der Waals surface area contributed by atoms with Crippen LogP contribution in [0.2, 0.25) is 0 Å². The molecule has 2 heterocycles. The summed E-state index contributed by atoms with van der Waals surface area (Å²) in [5, 5.41) is 0. The summed E-state index contributed by atoms with van der Waals surface area (Å²) in [6, 6.07) is 2.12. The van der Waals surface area contributed by atoms with E-state index in [4.69, 9.17) is 9.15 Å². The Morgan fingerprint density at radius 3 is 2.71 bits per heavy atom. The highest BCUT2D eigenvalue weighted by atomic mass is 16.5. The third kappa shape index (κ3) is 1.59. The second kappa shape index (κ2) is 3.13. The molecule has 0 amide bonds. The molecule has 1 aromatic heterocycles. The van der Waals surface area contributed by atoms with E-state index >= 15 is 0 Å². The second-order valence-corrected chi connectivity index (χ2v) is 5.10. The van der Waals surface area contributed by atoms with E-state index in [2.05, 4.69) is 26.8 Å². The quantitative estimate of drug-likeness (QED) is 0.632. The number of fused-ring (bicyclic) bond motifs is 1. The van der Waals surface area contributed by atoms with Crippen molar-refractivity contribution in [3.05, 3.63) is 23.2 Å². The van der Waals surface area contributed by atoms with Crippen LogP contribution in [0.3, 0.4) is 0 Å². The molecule has 0 saturated heterocycles. The summed E-state index contributed by atoms with van der Waals surface area (Å²) in [5.74, 6) is 2.11. The van der Waals surface area contributed by atoms with Crippen LogP contribution in [0.25, 0.3) is 0 Å². The van der Waals surface area contributed by atoms with Gasteiger partial charge in [-0.25, -0.2) is 0 Å². The van der Waals surface area contributed by atoms with Gasteiger partial charge in [-0.1, -0.05) is 20.8 Å². The zero-order valence-corrected chi connectivity index (χ0v) is 9.39. The van der Waals surface area contributed by atoms with Crippen molar-refractivity contribution in [1.82, 2.24) is 0 Å². The van der Waals surface area contributed by atoms with Crippen molar-refractivity contribution in [3.8, 4) is 0 Å². The SMILES string of the molecule is Cc1cc2c(o1)CCOC2C(C)(C)C. The zero-order chi connectivity index (χ0) is 10.3. The van der Waals surface area contributed by atoms with Crippen LogP contribution in [-0.2, 0) is 11.2 Å². The summed E-state index contributed by atoms with van der Waals surface area (Å²) in [7, 11) is 0. The molecule has 0 radical (unpaired) electrons. The van der Waals surface area contributed by atoms with Crippen LogP contribution in [0.5, 0.6) is 0 Å². The molecular formula is C12H18O2. The summed E-state index contributed by atoms with van der Waals surface area (Å²) >= 11 is 0. The van der Waals surface area contributed by atoms with Crippen LogP contribution in [0.15, 0.2) is 10.5 Å². The average molecular weight is 194 g/mol. The Hall–Kier alpha value is -0.760. The maximum atomic E-state index is 5.82. The largest absolute Gasteiger partial charge is 0.466 e. The lowest BCUT2D eigenvalue weighted by Crippen LogP contribution is -2.26. The van der Waals surface area contributed by atoms with Crippen LogP contribution in [0, 0.1) is 12.3 Å². The molecule has 1 unspecified atom stereocenters. The summed E-state index contributed by atoms with van der Waals surface area (Å²) in [6.45, 7) is 9.39. The van der Waals surface area contributed by atoms with Gasteiger partial charge in [0.1, 0.15) is 11.5 Å². The highest BCUT2D eigenvalue weighted by molar-refractivity contribution is 5.27. The lowest BCUT2D eigenvalue weighted by atomic mass is 9.83. The van der Waals surface area contributed by atoms with E-state index in [-0.39, 0.29) is 11.5 Å². The smallest absolute Gasteiger partial charge is 0.112 e. The summed E-state index contributed by atoms with van der Waals surface area (Å²) in [5.41, 5.74) is 1.40. The first-order valence-electron chi connectivity index (χ1n) is 5.19. The minimum atomic E-state index is 0.144. The normalized spacial score (nSPS) is 22.1. The maximum absolute atomic E-state index is 5.82. The van der Waals surface area contributed by atoms with E-state index in [1.807, 2.05) is 6.92 Å². The van der Waals surface area contributed by atoms with Gasteiger partial charge in [-0.3, -0.25) is 0 Å². The Bertz CT molecular complexity index is 331. The average Bonchev–Trinajstić information content (AvgIpc) is 2.41. The lowest BCUT2D eigenvalue weighted by Gasteiger charge is -2.33. The van der Waals surface area contributed by atoms with Crippen molar-refractivity contribution in [2.24, 2.45) is 5.41 Å². The summed E-state index contributed by atoms with van der Waals surface area (Å²) < 4.78 is 11.5. The molecule has 0 aliphatic carbocycles. The monoisotopic (exact) mass is 194 g/mol. The van der Waals surface area contributed by atoms with Crippen LogP contribution in [-0.4, -0.2) is 6.61 Å². The number of ether oxygens (including phenoxy) is 1. The Balaban J connectivity index is 2.40. The molecule has 1 aliphatic heterocycles. The van der Waals surface area contributed by atoms with Crippen molar-refractivity contribution in [2.75, 3.05) is 6.61 Å². The molecule has 78 valence electrons. The van der Waals surface area contributed by atoms with Crippen molar-refractivity contribution >= 4 is 0 Å². The molecule has 0 aromatic carbocycles. The molecule has 14 heavy (non-hydrogen) atoms. The van der Waals surface area contributed by atoms with Gasteiger partial charge in [0.15, 0.2) is 0 Å². The van der Waals surface area contributed by atoms with E-state index in [9.17, 15) is 0 Å². The molecule has 1 aromatic rings. The Morgan fingerprint density at radius 1 is 1.36 bits per heavy atom. The van der Waals surface area contributed by atoms with E-state index in [0.717, 1.165) is 24.5 Å². The van der Waals surface area contributed by atoms with Gasteiger partial charge in [-0.2, -0.15) is 0 Å². The second-order valence-electron chi connectivity index (χ2n) is 5.10. The van der Waals surface area contributed by atoms with Gasteiger partial charge in [0, 0.05) is 12.0 Å². The predicted octanol–water partition coefficient (Wildman–Crippen LogP) is 3.25. The molecular weight excluding hydrogens is 176 g/mol. The number of hydrogen-bond acceptors (Lipinski definition) is 2. The van der Waals surface area contributed by atoms with Crippen molar-refractivity contribution in [2.45, 2.75) is 40.2 Å². The molecule has 0 saturated carbocycles. The third-order valence-electron chi connectivity index (χ3n) is 2.65. The fraction of sp³-hybridized carbons (Fsp3) is 0.667. The number of hydrogen-bond donors (Lipinski definition) is 0. The maximum Gasteiger partial charge on any atom is 0.112 e. The Morgan fingerprint density at radius 2 is 2.07 bits per heavy atom. The molecule has 2 heteroatoms. The van der Waals surface area contributed by atoms with Gasteiger partial charge in [-0.15, -0.1) is 0 Å². The van der Waals surface area contributed by atoms with Gasteiger partial charge in [0.2, 0.25) is 0 Å². The first kappa shape index (κ1) is 9.78. The first-order valence-corrected chi connectivity index (χ1v) is 5.19. The van der Waals surface area contributed by atoms with Crippen LogP contribution >= 0.6 is 0 Å². The topological polar surface area (TPSA) is 22.4 Å².